The highest BCUT2D eigenvalue weighted by Crippen LogP contribution is 2.30. The number of nitrogens with one attached hydrogen (secondary N) is 1. The van der Waals surface area contributed by atoms with Gasteiger partial charge in [-0.05, 0) is 35.6 Å². The van der Waals surface area contributed by atoms with E-state index in [1.54, 1.807) is 12.1 Å². The zero-order valence-corrected chi connectivity index (χ0v) is 14.3. The molecule has 1 amide bonds. The number of halogens is 3. The molecule has 0 saturated carbocycles. The van der Waals surface area contributed by atoms with Crippen molar-refractivity contribution in [3.8, 4) is 0 Å². The molecule has 2 rings (SSSR count). The SMILES string of the molecule is CCSc1ccccc1C(=O)NCC(O)c1ccc(C(F)(F)F)cc1. The Morgan fingerprint density at radius 3 is 2.40 bits per heavy atom. The first-order chi connectivity index (χ1) is 11.8. The van der Waals surface area contributed by atoms with Crippen molar-refractivity contribution < 1.29 is 23.1 Å². The number of thioether (sulfide) groups is 1. The van der Waals surface area contributed by atoms with Crippen LogP contribution in [0.1, 0.15) is 34.5 Å². The summed E-state index contributed by atoms with van der Waals surface area (Å²) in [4.78, 5) is 13.1. The topological polar surface area (TPSA) is 49.3 Å². The predicted molar refractivity (Wildman–Crippen MR) is 91.6 cm³/mol. The summed E-state index contributed by atoms with van der Waals surface area (Å²) in [6, 6.07) is 11.4. The molecule has 0 heterocycles. The molecule has 0 radical (unpaired) electrons. The first-order valence-electron chi connectivity index (χ1n) is 7.68. The van der Waals surface area contributed by atoms with Gasteiger partial charge in [0.15, 0.2) is 0 Å². The van der Waals surface area contributed by atoms with Crippen LogP contribution in [-0.4, -0.2) is 23.3 Å². The summed E-state index contributed by atoms with van der Waals surface area (Å²) in [5.74, 6) is 0.487. The van der Waals surface area contributed by atoms with Gasteiger partial charge < -0.3 is 10.4 Å². The normalized spacial score (nSPS) is 12.7. The summed E-state index contributed by atoms with van der Waals surface area (Å²) in [6.07, 6.45) is -5.50. The molecule has 0 aliphatic heterocycles. The van der Waals surface area contributed by atoms with Crippen molar-refractivity contribution in [1.82, 2.24) is 5.32 Å². The largest absolute Gasteiger partial charge is 0.416 e. The second-order valence-electron chi connectivity index (χ2n) is 5.27. The molecule has 2 aromatic carbocycles. The van der Waals surface area contributed by atoms with E-state index in [-0.39, 0.29) is 12.5 Å². The van der Waals surface area contributed by atoms with E-state index in [1.165, 1.54) is 23.9 Å². The molecule has 1 unspecified atom stereocenters. The lowest BCUT2D eigenvalue weighted by Gasteiger charge is -2.14. The number of benzene rings is 2. The molecule has 7 heteroatoms. The van der Waals surface area contributed by atoms with Crippen LogP contribution < -0.4 is 5.32 Å². The number of hydrogen-bond donors (Lipinski definition) is 2. The highest BCUT2D eigenvalue weighted by Gasteiger charge is 2.30. The van der Waals surface area contributed by atoms with E-state index in [4.69, 9.17) is 0 Å². The van der Waals surface area contributed by atoms with Crippen molar-refractivity contribution in [3.63, 3.8) is 0 Å². The Labute approximate surface area is 148 Å². The first-order valence-corrected chi connectivity index (χ1v) is 8.66. The van der Waals surface area contributed by atoms with Gasteiger partial charge in [-0.25, -0.2) is 0 Å². The van der Waals surface area contributed by atoms with E-state index < -0.39 is 17.8 Å². The Balaban J connectivity index is 2.00. The van der Waals surface area contributed by atoms with E-state index in [9.17, 15) is 23.1 Å². The molecule has 0 saturated heterocycles. The summed E-state index contributed by atoms with van der Waals surface area (Å²) >= 11 is 1.53. The minimum Gasteiger partial charge on any atom is -0.387 e. The van der Waals surface area contributed by atoms with Crippen molar-refractivity contribution in [2.24, 2.45) is 0 Å². The van der Waals surface area contributed by atoms with E-state index in [0.717, 1.165) is 22.8 Å². The van der Waals surface area contributed by atoms with Gasteiger partial charge in [0.05, 0.1) is 17.2 Å². The number of hydrogen-bond acceptors (Lipinski definition) is 3. The van der Waals surface area contributed by atoms with E-state index >= 15 is 0 Å². The monoisotopic (exact) mass is 369 g/mol. The smallest absolute Gasteiger partial charge is 0.387 e. The molecule has 134 valence electrons. The molecule has 1 atom stereocenters. The Hall–Kier alpha value is -1.99. The van der Waals surface area contributed by atoms with Crippen LogP contribution in [-0.2, 0) is 6.18 Å². The zero-order chi connectivity index (χ0) is 18.4. The summed E-state index contributed by atoms with van der Waals surface area (Å²) in [5.41, 5.74) is 0.0384. The lowest BCUT2D eigenvalue weighted by molar-refractivity contribution is -0.137. The van der Waals surface area contributed by atoms with Crippen molar-refractivity contribution in [2.75, 3.05) is 12.3 Å². The predicted octanol–water partition coefficient (Wildman–Crippen LogP) is 4.28. The molecule has 0 aliphatic rings. The average Bonchev–Trinajstić information content (AvgIpc) is 2.59. The first kappa shape index (κ1) is 19.3. The van der Waals surface area contributed by atoms with Gasteiger partial charge in [-0.1, -0.05) is 31.2 Å². The third-order valence-electron chi connectivity index (χ3n) is 3.51. The Kier molecular flexibility index (Phi) is 6.50. The molecule has 0 fully saturated rings. The Bertz CT molecular complexity index is 717. The summed E-state index contributed by atoms with van der Waals surface area (Å²) in [7, 11) is 0. The molecule has 25 heavy (non-hydrogen) atoms. The number of carbonyl (C=O) groups excluding carboxylic acids is 1. The minimum absolute atomic E-state index is 0.0880. The van der Waals surface area contributed by atoms with Gasteiger partial charge in [0.2, 0.25) is 0 Å². The molecule has 0 bridgehead atoms. The number of amides is 1. The van der Waals surface area contributed by atoms with Gasteiger partial charge in [0.25, 0.3) is 5.91 Å². The average molecular weight is 369 g/mol. The number of aliphatic hydroxyl groups is 1. The van der Waals surface area contributed by atoms with E-state index in [2.05, 4.69) is 5.32 Å². The maximum absolute atomic E-state index is 12.5. The van der Waals surface area contributed by atoms with Crippen LogP contribution in [0.5, 0.6) is 0 Å². The zero-order valence-electron chi connectivity index (χ0n) is 13.5. The van der Waals surface area contributed by atoms with Crippen LogP contribution in [0.2, 0.25) is 0 Å². The fourth-order valence-electron chi connectivity index (χ4n) is 2.23. The van der Waals surface area contributed by atoms with Crippen molar-refractivity contribution >= 4 is 17.7 Å². The van der Waals surface area contributed by atoms with Crippen LogP contribution in [0.3, 0.4) is 0 Å². The molecular weight excluding hydrogens is 351 g/mol. The highest BCUT2D eigenvalue weighted by molar-refractivity contribution is 7.99. The summed E-state index contributed by atoms with van der Waals surface area (Å²) < 4.78 is 37.6. The second-order valence-corrected chi connectivity index (χ2v) is 6.58. The lowest BCUT2D eigenvalue weighted by Crippen LogP contribution is -2.28. The lowest BCUT2D eigenvalue weighted by atomic mass is 10.1. The van der Waals surface area contributed by atoms with Gasteiger partial charge in [0, 0.05) is 11.4 Å². The Morgan fingerprint density at radius 1 is 1.16 bits per heavy atom. The highest BCUT2D eigenvalue weighted by atomic mass is 32.2. The van der Waals surface area contributed by atoms with Crippen LogP contribution in [0.15, 0.2) is 53.4 Å². The van der Waals surface area contributed by atoms with Crippen molar-refractivity contribution in [1.29, 1.82) is 0 Å². The van der Waals surface area contributed by atoms with Gasteiger partial charge in [-0.2, -0.15) is 13.2 Å². The minimum atomic E-state index is -4.42. The summed E-state index contributed by atoms with van der Waals surface area (Å²) in [6.45, 7) is 1.89. The number of carbonyl (C=O) groups is 1. The quantitative estimate of drug-likeness (QED) is 0.747. The molecule has 2 aromatic rings. The molecule has 3 nitrogen and oxygen atoms in total. The molecule has 0 spiro atoms. The second kappa shape index (κ2) is 8.40. The van der Waals surface area contributed by atoms with Crippen LogP contribution in [0.4, 0.5) is 13.2 Å². The van der Waals surface area contributed by atoms with Gasteiger partial charge in [-0.3, -0.25) is 4.79 Å². The summed E-state index contributed by atoms with van der Waals surface area (Å²) in [5, 5.41) is 12.7. The van der Waals surface area contributed by atoms with E-state index in [1.807, 2.05) is 19.1 Å². The molecule has 0 aliphatic carbocycles. The fourth-order valence-corrected chi connectivity index (χ4v) is 3.03. The van der Waals surface area contributed by atoms with Crippen LogP contribution in [0, 0.1) is 0 Å². The van der Waals surface area contributed by atoms with Crippen LogP contribution >= 0.6 is 11.8 Å². The fraction of sp³-hybridized carbons (Fsp3) is 0.278. The number of alkyl halides is 3. The molecule has 2 N–H and O–H groups in total. The van der Waals surface area contributed by atoms with Crippen molar-refractivity contribution in [3.05, 3.63) is 65.2 Å². The molecular formula is C18H18F3NO2S. The van der Waals surface area contributed by atoms with Crippen LogP contribution in [0.25, 0.3) is 0 Å². The standard InChI is InChI=1S/C18H18F3NO2S/c1-2-25-16-6-4-3-5-14(16)17(24)22-11-15(23)12-7-9-13(10-8-12)18(19,20)21/h3-10,15,23H,2,11H2,1H3,(H,22,24). The van der Waals surface area contributed by atoms with E-state index in [0.29, 0.717) is 11.1 Å². The third kappa shape index (κ3) is 5.24. The van der Waals surface area contributed by atoms with Crippen molar-refractivity contribution in [2.45, 2.75) is 24.1 Å². The van der Waals surface area contributed by atoms with Gasteiger partial charge in [-0.15, -0.1) is 11.8 Å². The maximum atomic E-state index is 12.5. The third-order valence-corrected chi connectivity index (χ3v) is 4.47. The number of rotatable bonds is 6. The number of aliphatic hydroxyl groups excluding tert-OH is 1. The maximum Gasteiger partial charge on any atom is 0.416 e. The Morgan fingerprint density at radius 2 is 1.80 bits per heavy atom. The van der Waals surface area contributed by atoms with Gasteiger partial charge >= 0.3 is 6.18 Å². The van der Waals surface area contributed by atoms with Gasteiger partial charge in [0.1, 0.15) is 0 Å². The molecule has 0 aromatic heterocycles.